The van der Waals surface area contributed by atoms with Gasteiger partial charge < -0.3 is 9.35 Å². The zero-order valence-electron chi connectivity index (χ0n) is 7.99. The van der Waals surface area contributed by atoms with E-state index in [0.717, 1.165) is 0 Å². The Labute approximate surface area is 107 Å². The maximum Gasteiger partial charge on any atom is 0.0183 e. The van der Waals surface area contributed by atoms with Crippen molar-refractivity contribution in [2.75, 3.05) is 0 Å². The normalized spacial score (nSPS) is 15.7. The van der Waals surface area contributed by atoms with Gasteiger partial charge >= 0.3 is 0 Å². The molecule has 0 spiro atoms. The number of nitrogens with one attached hydrogen (secondary N) is 1. The van der Waals surface area contributed by atoms with Gasteiger partial charge in [-0.05, 0) is 11.5 Å². The first kappa shape index (κ1) is 16.3. The Morgan fingerprint density at radius 2 is 2.00 bits per heavy atom. The van der Waals surface area contributed by atoms with Crippen LogP contribution in [0.4, 0.5) is 0 Å². The zero-order chi connectivity index (χ0) is 9.78. The van der Waals surface area contributed by atoms with Gasteiger partial charge in [-0.3, -0.25) is 10.5 Å². The molecule has 2 unspecified atom stereocenters. The van der Waals surface area contributed by atoms with Crippen LogP contribution < -0.4 is 4.72 Å². The second-order valence-electron chi connectivity index (χ2n) is 3.62. The molecule has 0 fully saturated rings. The Hall–Kier alpha value is 0.844. The third-order valence-corrected chi connectivity index (χ3v) is 2.05. The Bertz CT molecular complexity index is 181. The maximum atomic E-state index is 10.3. The molecule has 13 heavy (non-hydrogen) atoms. The molecular weight excluding hydrogens is 267 g/mol. The predicted octanol–water partition coefficient (Wildman–Crippen LogP) is 0.282. The predicted molar refractivity (Wildman–Crippen MR) is 45.6 cm³/mol. The minimum atomic E-state index is -2.32. The topological polar surface area (TPSA) is 69.2 Å². The van der Waals surface area contributed by atoms with Gasteiger partial charge in [0.15, 0.2) is 0 Å². The minimum absolute atomic E-state index is 0. The van der Waals surface area contributed by atoms with Gasteiger partial charge in [-0.25, -0.2) is 4.72 Å². The van der Waals surface area contributed by atoms with Gasteiger partial charge in [0.25, 0.3) is 0 Å². The smallest absolute Gasteiger partial charge is 0.0183 e. The van der Waals surface area contributed by atoms with E-state index in [1.54, 1.807) is 6.29 Å². The van der Waals surface area contributed by atoms with Crippen LogP contribution in [0.1, 0.15) is 27.2 Å². The fourth-order valence-electron chi connectivity index (χ4n) is 0.724. The van der Waals surface area contributed by atoms with Gasteiger partial charge in [0.2, 0.25) is 0 Å². The van der Waals surface area contributed by atoms with Crippen molar-refractivity contribution >= 4 is 17.6 Å². The summed E-state index contributed by atoms with van der Waals surface area (Å²) in [7, 11) is 0. The van der Waals surface area contributed by atoms with Gasteiger partial charge in [0.05, 0.1) is 0 Å². The van der Waals surface area contributed by atoms with Gasteiger partial charge in [-0.1, -0.05) is 20.8 Å². The standard InChI is InChI=1S/C7H14NO3S.Y/c1-7(2,3)6(4-5-9)8-12(10)11;/h6,8H,4H2,1-3H3,(H,10,11);/q-1;/p-1. The molecule has 0 aliphatic carbocycles. The largest absolute Gasteiger partial charge is 0.760 e. The fraction of sp³-hybridized carbons (Fsp3) is 0.857. The zero-order valence-corrected chi connectivity index (χ0v) is 11.6. The van der Waals surface area contributed by atoms with E-state index in [2.05, 4.69) is 4.72 Å². The van der Waals surface area contributed by atoms with Crippen LogP contribution in [0.3, 0.4) is 0 Å². The van der Waals surface area contributed by atoms with Gasteiger partial charge in [-0.2, -0.15) is 0 Å². The van der Waals surface area contributed by atoms with Crippen molar-refractivity contribution in [2.45, 2.75) is 33.2 Å². The van der Waals surface area contributed by atoms with Crippen LogP contribution in [0.25, 0.3) is 0 Å². The van der Waals surface area contributed by atoms with Crippen LogP contribution in [0.2, 0.25) is 0 Å². The van der Waals surface area contributed by atoms with Gasteiger partial charge in [0, 0.05) is 44.0 Å². The summed E-state index contributed by atoms with van der Waals surface area (Å²) in [6.07, 6.45) is 1.77. The van der Waals surface area contributed by atoms with E-state index in [4.69, 9.17) is 0 Å². The molecule has 6 heteroatoms. The molecule has 0 amide bonds. The van der Waals surface area contributed by atoms with E-state index in [1.165, 1.54) is 0 Å². The number of hydrogen-bond acceptors (Lipinski definition) is 3. The third kappa shape index (κ3) is 7.88. The fourth-order valence-corrected chi connectivity index (χ4v) is 1.39. The first-order chi connectivity index (χ1) is 5.38. The van der Waals surface area contributed by atoms with Gasteiger partial charge in [-0.15, -0.1) is 6.42 Å². The molecular formula is C7H13NO3SY-2. The number of rotatable bonds is 4. The molecule has 0 heterocycles. The second-order valence-corrected chi connectivity index (χ2v) is 4.32. The van der Waals surface area contributed by atoms with E-state index in [-0.39, 0.29) is 50.6 Å². The molecule has 0 aromatic heterocycles. The van der Waals surface area contributed by atoms with Crippen molar-refractivity contribution in [3.63, 3.8) is 0 Å². The van der Waals surface area contributed by atoms with E-state index < -0.39 is 11.3 Å². The van der Waals surface area contributed by atoms with Gasteiger partial charge in [0.1, 0.15) is 0 Å². The molecule has 75 valence electrons. The first-order valence-corrected chi connectivity index (χ1v) is 4.66. The SMILES string of the molecule is CC(C)(C)C(C[C-]=O)NS(=O)[O-].[Y]. The van der Waals surface area contributed by atoms with Crippen molar-refractivity contribution in [1.29, 1.82) is 0 Å². The summed E-state index contributed by atoms with van der Waals surface area (Å²) in [5.41, 5.74) is -0.266. The van der Waals surface area contributed by atoms with Crippen molar-refractivity contribution < 1.29 is 46.3 Å². The molecule has 0 aromatic rings. The van der Waals surface area contributed by atoms with Crippen molar-refractivity contribution in [1.82, 2.24) is 4.72 Å². The van der Waals surface area contributed by atoms with E-state index in [0.29, 0.717) is 0 Å². The van der Waals surface area contributed by atoms with Crippen molar-refractivity contribution in [3.05, 3.63) is 0 Å². The summed E-state index contributed by atoms with van der Waals surface area (Å²) >= 11 is -2.32. The molecule has 0 aliphatic rings. The summed E-state index contributed by atoms with van der Waals surface area (Å²) in [5, 5.41) is 0. The minimum Gasteiger partial charge on any atom is -0.760 e. The number of hydrogen-bond donors (Lipinski definition) is 1. The van der Waals surface area contributed by atoms with Crippen LogP contribution in [0, 0.1) is 5.41 Å². The Morgan fingerprint density at radius 3 is 2.23 bits per heavy atom. The Morgan fingerprint density at radius 1 is 1.54 bits per heavy atom. The second kappa shape index (κ2) is 7.18. The average Bonchev–Trinajstić information content (AvgIpc) is 1.83. The summed E-state index contributed by atoms with van der Waals surface area (Å²) in [6, 6.07) is -0.381. The summed E-state index contributed by atoms with van der Waals surface area (Å²) < 4.78 is 22.9. The van der Waals surface area contributed by atoms with E-state index in [9.17, 15) is 13.6 Å². The van der Waals surface area contributed by atoms with Crippen LogP contribution in [0.5, 0.6) is 0 Å². The first-order valence-electron chi connectivity index (χ1n) is 3.58. The van der Waals surface area contributed by atoms with Crippen LogP contribution in [-0.4, -0.2) is 21.1 Å². The number of carbonyl (C=O) groups excluding carboxylic acids is 1. The summed E-state index contributed by atoms with van der Waals surface area (Å²) in [5.74, 6) is 0. The van der Waals surface area contributed by atoms with Crippen molar-refractivity contribution in [2.24, 2.45) is 5.41 Å². The molecule has 4 nitrogen and oxygen atoms in total. The van der Waals surface area contributed by atoms with Crippen LogP contribution in [0.15, 0.2) is 0 Å². The van der Waals surface area contributed by atoms with E-state index in [1.807, 2.05) is 20.8 Å². The Kier molecular flexibility index (Phi) is 8.99. The van der Waals surface area contributed by atoms with E-state index >= 15 is 0 Å². The molecule has 1 radical (unpaired) electrons. The molecule has 0 bridgehead atoms. The molecule has 0 saturated heterocycles. The molecule has 1 N–H and O–H groups in total. The molecule has 0 aliphatic heterocycles. The third-order valence-electron chi connectivity index (χ3n) is 1.57. The Balaban J connectivity index is 0. The molecule has 0 aromatic carbocycles. The van der Waals surface area contributed by atoms with Crippen molar-refractivity contribution in [3.8, 4) is 0 Å². The van der Waals surface area contributed by atoms with Crippen LogP contribution >= 0.6 is 0 Å². The molecule has 2 atom stereocenters. The quantitative estimate of drug-likeness (QED) is 0.594. The monoisotopic (exact) mass is 280 g/mol. The van der Waals surface area contributed by atoms with Crippen LogP contribution in [-0.2, 0) is 48.8 Å². The summed E-state index contributed by atoms with van der Waals surface area (Å²) in [6.45, 7) is 5.57. The average molecular weight is 280 g/mol. The maximum absolute atomic E-state index is 10.3. The summed E-state index contributed by atoms with van der Waals surface area (Å²) in [4.78, 5) is 10.1. The molecule has 0 saturated carbocycles. The molecule has 0 rings (SSSR count).